The lowest BCUT2D eigenvalue weighted by Crippen LogP contribution is -2.24. The van der Waals surface area contributed by atoms with E-state index in [1.54, 1.807) is 0 Å². The molecule has 2 atom stereocenters. The van der Waals surface area contributed by atoms with E-state index in [4.69, 9.17) is 4.42 Å². The van der Waals surface area contributed by atoms with E-state index in [0.29, 0.717) is 25.3 Å². The third-order valence-electron chi connectivity index (χ3n) is 3.34. The van der Waals surface area contributed by atoms with Crippen LogP contribution in [-0.4, -0.2) is 12.5 Å². The van der Waals surface area contributed by atoms with Gasteiger partial charge in [0.1, 0.15) is 11.5 Å². The predicted molar refractivity (Wildman–Crippen MR) is 71.4 cm³/mol. The van der Waals surface area contributed by atoms with E-state index >= 15 is 0 Å². The third kappa shape index (κ3) is 3.49. The Morgan fingerprint density at radius 3 is 2.89 bits per heavy atom. The highest BCUT2D eigenvalue weighted by atomic mass is 16.3. The first-order valence-corrected chi connectivity index (χ1v) is 6.56. The molecule has 1 aromatic rings. The molecule has 1 aliphatic carbocycles. The first kappa shape index (κ1) is 12.9. The molecule has 1 heterocycles. The molecule has 18 heavy (non-hydrogen) atoms. The normalized spacial score (nSPS) is 21.7. The molecule has 3 heteroatoms. The Morgan fingerprint density at radius 2 is 2.28 bits per heavy atom. The first-order chi connectivity index (χ1) is 8.56. The van der Waals surface area contributed by atoms with Gasteiger partial charge in [0.25, 0.3) is 0 Å². The van der Waals surface area contributed by atoms with Gasteiger partial charge in [-0.2, -0.15) is 0 Å². The molecule has 0 aliphatic heterocycles. The van der Waals surface area contributed by atoms with E-state index in [0.717, 1.165) is 23.0 Å². The van der Waals surface area contributed by atoms with E-state index < -0.39 is 0 Å². The zero-order chi connectivity index (χ0) is 13.1. The van der Waals surface area contributed by atoms with Crippen molar-refractivity contribution in [2.75, 3.05) is 6.54 Å². The zero-order valence-electron chi connectivity index (χ0n) is 11.2. The van der Waals surface area contributed by atoms with Crippen molar-refractivity contribution in [3.8, 4) is 0 Å². The molecule has 0 spiro atoms. The number of carbonyl (C=O) groups excluding carboxylic acids is 1. The molecular formula is C15H21NO2. The summed E-state index contributed by atoms with van der Waals surface area (Å²) in [5, 5.41) is 2.82. The van der Waals surface area contributed by atoms with Crippen molar-refractivity contribution >= 4 is 5.91 Å². The first-order valence-electron chi connectivity index (χ1n) is 6.56. The van der Waals surface area contributed by atoms with Gasteiger partial charge >= 0.3 is 0 Å². The lowest BCUT2D eigenvalue weighted by atomic mass is 10.2. The number of carbonyl (C=O) groups is 1. The van der Waals surface area contributed by atoms with Crippen LogP contribution in [0.15, 0.2) is 28.7 Å². The molecule has 1 aromatic heterocycles. The number of nitrogens with one attached hydrogen (secondary N) is 1. The molecule has 1 N–H and O–H groups in total. The molecule has 2 rings (SSSR count). The van der Waals surface area contributed by atoms with E-state index in [1.165, 1.54) is 6.42 Å². The van der Waals surface area contributed by atoms with Crippen molar-refractivity contribution in [1.82, 2.24) is 5.32 Å². The van der Waals surface area contributed by atoms with Crippen molar-refractivity contribution in [3.63, 3.8) is 0 Å². The molecule has 1 saturated carbocycles. The Morgan fingerprint density at radius 1 is 1.56 bits per heavy atom. The molecule has 0 radical (unpaired) electrons. The zero-order valence-corrected chi connectivity index (χ0v) is 11.2. The van der Waals surface area contributed by atoms with Crippen molar-refractivity contribution in [3.05, 3.63) is 35.8 Å². The second-order valence-electron chi connectivity index (χ2n) is 5.36. The molecule has 0 bridgehead atoms. The maximum absolute atomic E-state index is 11.5. The smallest absolute Gasteiger partial charge is 0.220 e. The van der Waals surface area contributed by atoms with Crippen LogP contribution in [0.4, 0.5) is 0 Å². The summed E-state index contributed by atoms with van der Waals surface area (Å²) >= 11 is 0. The molecular weight excluding hydrogens is 226 g/mol. The van der Waals surface area contributed by atoms with Gasteiger partial charge in [0.05, 0.1) is 0 Å². The molecule has 0 saturated heterocycles. The van der Waals surface area contributed by atoms with Gasteiger partial charge in [-0.1, -0.05) is 19.1 Å². The standard InChI is InChI=1S/C15H21NO2/c1-10(2)9-16-15(17)7-5-12-4-6-14(18-12)13-8-11(13)3/h4,6,11,13H,1,5,7-9H2,2-3H3,(H,16,17). The van der Waals surface area contributed by atoms with Gasteiger partial charge in [-0.3, -0.25) is 4.79 Å². The summed E-state index contributed by atoms with van der Waals surface area (Å²) in [6.07, 6.45) is 2.37. The van der Waals surface area contributed by atoms with Crippen LogP contribution >= 0.6 is 0 Å². The summed E-state index contributed by atoms with van der Waals surface area (Å²) in [4.78, 5) is 11.5. The summed E-state index contributed by atoms with van der Waals surface area (Å²) < 4.78 is 5.76. The van der Waals surface area contributed by atoms with Gasteiger partial charge in [-0.25, -0.2) is 0 Å². The fourth-order valence-electron chi connectivity index (χ4n) is 2.02. The van der Waals surface area contributed by atoms with Gasteiger partial charge in [0, 0.05) is 25.3 Å². The quantitative estimate of drug-likeness (QED) is 0.785. The lowest BCUT2D eigenvalue weighted by molar-refractivity contribution is -0.120. The minimum Gasteiger partial charge on any atom is -0.466 e. The summed E-state index contributed by atoms with van der Waals surface area (Å²) in [7, 11) is 0. The number of furan rings is 1. The van der Waals surface area contributed by atoms with E-state index in [2.05, 4.69) is 24.9 Å². The van der Waals surface area contributed by atoms with Crippen LogP contribution in [0.25, 0.3) is 0 Å². The van der Waals surface area contributed by atoms with Crippen molar-refractivity contribution < 1.29 is 9.21 Å². The Hall–Kier alpha value is -1.51. The highest BCUT2D eigenvalue weighted by Gasteiger charge is 2.36. The molecule has 3 nitrogen and oxygen atoms in total. The number of hydrogen-bond donors (Lipinski definition) is 1. The number of rotatable bonds is 6. The topological polar surface area (TPSA) is 42.2 Å². The van der Waals surface area contributed by atoms with E-state index in [-0.39, 0.29) is 5.91 Å². The minimum absolute atomic E-state index is 0.0516. The average Bonchev–Trinajstić information content (AvgIpc) is 2.88. The maximum Gasteiger partial charge on any atom is 0.220 e. The number of amides is 1. The minimum atomic E-state index is 0.0516. The van der Waals surface area contributed by atoms with E-state index in [9.17, 15) is 4.79 Å². The largest absolute Gasteiger partial charge is 0.466 e. The molecule has 1 amide bonds. The predicted octanol–water partition coefficient (Wildman–Crippen LogP) is 3.03. The number of aryl methyl sites for hydroxylation is 1. The SMILES string of the molecule is C=C(C)CNC(=O)CCc1ccc(C2CC2C)o1. The monoisotopic (exact) mass is 247 g/mol. The van der Waals surface area contributed by atoms with Gasteiger partial charge in [0.15, 0.2) is 0 Å². The van der Waals surface area contributed by atoms with Gasteiger partial charge in [-0.15, -0.1) is 0 Å². The van der Waals surface area contributed by atoms with Crippen LogP contribution in [-0.2, 0) is 11.2 Å². The summed E-state index contributed by atoms with van der Waals surface area (Å²) in [6.45, 7) is 8.44. The Kier molecular flexibility index (Phi) is 3.90. The van der Waals surface area contributed by atoms with Crippen molar-refractivity contribution in [2.24, 2.45) is 5.92 Å². The van der Waals surface area contributed by atoms with Crippen molar-refractivity contribution in [1.29, 1.82) is 0 Å². The average molecular weight is 247 g/mol. The lowest BCUT2D eigenvalue weighted by Gasteiger charge is -2.03. The Balaban J connectivity index is 1.74. The van der Waals surface area contributed by atoms with Crippen LogP contribution in [0.3, 0.4) is 0 Å². The van der Waals surface area contributed by atoms with Crippen molar-refractivity contribution in [2.45, 2.75) is 39.0 Å². The number of hydrogen-bond acceptors (Lipinski definition) is 2. The van der Waals surface area contributed by atoms with Crippen LogP contribution in [0.2, 0.25) is 0 Å². The molecule has 0 aromatic carbocycles. The second kappa shape index (κ2) is 5.42. The summed E-state index contributed by atoms with van der Waals surface area (Å²) in [6, 6.07) is 4.04. The van der Waals surface area contributed by atoms with Crippen LogP contribution in [0.5, 0.6) is 0 Å². The third-order valence-corrected chi connectivity index (χ3v) is 3.34. The van der Waals surface area contributed by atoms with Gasteiger partial charge in [-0.05, 0) is 31.4 Å². The second-order valence-corrected chi connectivity index (χ2v) is 5.36. The van der Waals surface area contributed by atoms with Gasteiger partial charge < -0.3 is 9.73 Å². The fraction of sp³-hybridized carbons (Fsp3) is 0.533. The maximum atomic E-state index is 11.5. The van der Waals surface area contributed by atoms with E-state index in [1.807, 2.05) is 13.0 Å². The Bertz CT molecular complexity index is 447. The Labute approximate surface area is 108 Å². The highest BCUT2D eigenvalue weighted by molar-refractivity contribution is 5.76. The molecule has 1 aliphatic rings. The summed E-state index contributed by atoms with van der Waals surface area (Å²) in [5.74, 6) is 3.41. The highest BCUT2D eigenvalue weighted by Crippen LogP contribution is 2.47. The van der Waals surface area contributed by atoms with Gasteiger partial charge in [0.2, 0.25) is 5.91 Å². The fourth-order valence-corrected chi connectivity index (χ4v) is 2.02. The van der Waals surface area contributed by atoms with Crippen LogP contribution in [0, 0.1) is 5.92 Å². The molecule has 1 fully saturated rings. The van der Waals surface area contributed by atoms with Crippen LogP contribution < -0.4 is 5.32 Å². The summed E-state index contributed by atoms with van der Waals surface area (Å²) in [5.41, 5.74) is 0.964. The molecule has 98 valence electrons. The molecule has 2 unspecified atom stereocenters. The van der Waals surface area contributed by atoms with Crippen LogP contribution in [0.1, 0.15) is 44.1 Å².